The maximum absolute atomic E-state index is 11.4. The Kier molecular flexibility index (Phi) is 2.69. The van der Waals surface area contributed by atoms with Crippen LogP contribution < -0.4 is 10.6 Å². The molecule has 1 unspecified atom stereocenters. The standard InChI is InChI=1S/C12H20N4O2/c1-15-4-9(2-3-10(15)17)5-16-7-12(8-16)6-13-11(18)14-12/h9H,2-8H2,1H3,(H2,13,14,18). The minimum atomic E-state index is -0.0438. The predicted octanol–water partition coefficient (Wildman–Crippen LogP) is -0.778. The molecular weight excluding hydrogens is 232 g/mol. The highest BCUT2D eigenvalue weighted by atomic mass is 16.2. The second kappa shape index (κ2) is 4.12. The van der Waals surface area contributed by atoms with Gasteiger partial charge in [0.05, 0.1) is 5.54 Å². The summed E-state index contributed by atoms with van der Waals surface area (Å²) in [6.07, 6.45) is 1.68. The molecule has 18 heavy (non-hydrogen) atoms. The molecule has 3 aliphatic heterocycles. The van der Waals surface area contributed by atoms with Crippen molar-refractivity contribution >= 4 is 11.9 Å². The quantitative estimate of drug-likeness (QED) is 0.678. The van der Waals surface area contributed by atoms with E-state index in [9.17, 15) is 9.59 Å². The van der Waals surface area contributed by atoms with Gasteiger partial charge >= 0.3 is 6.03 Å². The highest BCUT2D eigenvalue weighted by Crippen LogP contribution is 2.26. The molecule has 0 bridgehead atoms. The van der Waals surface area contributed by atoms with Gasteiger partial charge in [0.2, 0.25) is 5.91 Å². The summed E-state index contributed by atoms with van der Waals surface area (Å²) in [7, 11) is 1.88. The van der Waals surface area contributed by atoms with Crippen LogP contribution in [0.25, 0.3) is 0 Å². The number of piperidine rings is 1. The largest absolute Gasteiger partial charge is 0.345 e. The lowest BCUT2D eigenvalue weighted by Gasteiger charge is -2.48. The van der Waals surface area contributed by atoms with Crippen molar-refractivity contribution in [3.8, 4) is 0 Å². The van der Waals surface area contributed by atoms with E-state index in [2.05, 4.69) is 15.5 Å². The summed E-state index contributed by atoms with van der Waals surface area (Å²) in [4.78, 5) is 26.8. The van der Waals surface area contributed by atoms with Crippen molar-refractivity contribution in [2.24, 2.45) is 5.92 Å². The predicted molar refractivity (Wildman–Crippen MR) is 66.1 cm³/mol. The highest BCUT2D eigenvalue weighted by Gasteiger charge is 2.48. The summed E-state index contributed by atoms with van der Waals surface area (Å²) >= 11 is 0. The molecule has 6 nitrogen and oxygen atoms in total. The van der Waals surface area contributed by atoms with Crippen molar-refractivity contribution in [3.63, 3.8) is 0 Å². The van der Waals surface area contributed by atoms with Crippen LogP contribution in [0.5, 0.6) is 0 Å². The van der Waals surface area contributed by atoms with E-state index in [1.807, 2.05) is 11.9 Å². The van der Waals surface area contributed by atoms with Gasteiger partial charge in [-0.15, -0.1) is 0 Å². The lowest BCUT2D eigenvalue weighted by molar-refractivity contribution is -0.133. The zero-order valence-corrected chi connectivity index (χ0v) is 10.7. The molecule has 0 aromatic rings. The van der Waals surface area contributed by atoms with Crippen molar-refractivity contribution in [1.29, 1.82) is 0 Å². The average molecular weight is 252 g/mol. The summed E-state index contributed by atoms with van der Waals surface area (Å²) in [6, 6.07) is -0.0438. The van der Waals surface area contributed by atoms with Gasteiger partial charge in [-0.25, -0.2) is 4.79 Å². The molecule has 3 amide bonds. The molecular formula is C12H20N4O2. The number of nitrogens with one attached hydrogen (secondary N) is 2. The zero-order valence-electron chi connectivity index (χ0n) is 10.7. The third-order valence-electron chi connectivity index (χ3n) is 4.26. The minimum absolute atomic E-state index is 0.0204. The zero-order chi connectivity index (χ0) is 12.8. The molecule has 0 radical (unpaired) electrons. The second-order valence-corrected chi connectivity index (χ2v) is 5.94. The van der Waals surface area contributed by atoms with Gasteiger partial charge in [0.15, 0.2) is 0 Å². The molecule has 0 saturated carbocycles. The summed E-state index contributed by atoms with van der Waals surface area (Å²) < 4.78 is 0. The van der Waals surface area contributed by atoms with E-state index in [-0.39, 0.29) is 17.5 Å². The molecule has 100 valence electrons. The van der Waals surface area contributed by atoms with Crippen molar-refractivity contribution < 1.29 is 9.59 Å². The molecule has 6 heteroatoms. The van der Waals surface area contributed by atoms with Crippen molar-refractivity contribution in [2.75, 3.05) is 39.8 Å². The third kappa shape index (κ3) is 2.05. The monoisotopic (exact) mass is 252 g/mol. The summed E-state index contributed by atoms with van der Waals surface area (Å²) in [5, 5.41) is 5.81. The first-order chi connectivity index (χ1) is 8.56. The van der Waals surface area contributed by atoms with E-state index in [0.717, 1.165) is 39.1 Å². The number of urea groups is 1. The van der Waals surface area contributed by atoms with Gasteiger partial charge in [0.1, 0.15) is 0 Å². The fourth-order valence-corrected chi connectivity index (χ4v) is 3.32. The van der Waals surface area contributed by atoms with Crippen LogP contribution in [0.2, 0.25) is 0 Å². The fraction of sp³-hybridized carbons (Fsp3) is 0.833. The van der Waals surface area contributed by atoms with Crippen LogP contribution in [0, 0.1) is 5.92 Å². The molecule has 3 aliphatic rings. The Morgan fingerprint density at radius 2 is 2.17 bits per heavy atom. The Balaban J connectivity index is 1.46. The highest BCUT2D eigenvalue weighted by molar-refractivity contribution is 5.78. The van der Waals surface area contributed by atoms with Gasteiger partial charge < -0.3 is 15.5 Å². The fourth-order valence-electron chi connectivity index (χ4n) is 3.32. The van der Waals surface area contributed by atoms with Crippen LogP contribution in [-0.2, 0) is 4.79 Å². The second-order valence-electron chi connectivity index (χ2n) is 5.94. The van der Waals surface area contributed by atoms with Crippen molar-refractivity contribution in [1.82, 2.24) is 20.4 Å². The Morgan fingerprint density at radius 3 is 2.78 bits per heavy atom. The molecule has 3 saturated heterocycles. The lowest BCUT2D eigenvalue weighted by Crippen LogP contribution is -2.69. The van der Waals surface area contributed by atoms with E-state index >= 15 is 0 Å². The number of nitrogens with zero attached hydrogens (tertiary/aromatic N) is 2. The lowest BCUT2D eigenvalue weighted by atomic mass is 9.88. The van der Waals surface area contributed by atoms with Gasteiger partial charge in [0, 0.05) is 46.2 Å². The van der Waals surface area contributed by atoms with E-state index in [0.29, 0.717) is 12.3 Å². The number of carbonyl (C=O) groups excluding carboxylic acids is 2. The number of hydrogen-bond donors (Lipinski definition) is 2. The summed E-state index contributed by atoms with van der Waals surface area (Å²) in [5.74, 6) is 0.841. The van der Waals surface area contributed by atoms with Gasteiger partial charge in [-0.3, -0.25) is 9.69 Å². The number of hydrogen-bond acceptors (Lipinski definition) is 3. The number of amides is 3. The first-order valence-electron chi connectivity index (χ1n) is 6.59. The van der Waals surface area contributed by atoms with Gasteiger partial charge in [0.25, 0.3) is 0 Å². The van der Waals surface area contributed by atoms with Crippen LogP contribution in [0.1, 0.15) is 12.8 Å². The topological polar surface area (TPSA) is 64.7 Å². The smallest absolute Gasteiger partial charge is 0.315 e. The Morgan fingerprint density at radius 1 is 1.39 bits per heavy atom. The molecule has 0 aromatic heterocycles. The first kappa shape index (κ1) is 11.8. The molecule has 0 aromatic carbocycles. The van der Waals surface area contributed by atoms with Gasteiger partial charge in [-0.05, 0) is 12.3 Å². The Bertz CT molecular complexity index is 378. The average Bonchev–Trinajstić information content (AvgIpc) is 2.65. The van der Waals surface area contributed by atoms with E-state index < -0.39 is 0 Å². The van der Waals surface area contributed by atoms with Crippen LogP contribution in [0.4, 0.5) is 4.79 Å². The van der Waals surface area contributed by atoms with E-state index in [1.165, 1.54) is 0 Å². The van der Waals surface area contributed by atoms with Crippen LogP contribution in [-0.4, -0.2) is 67.0 Å². The minimum Gasteiger partial charge on any atom is -0.345 e. The Labute approximate surface area is 107 Å². The third-order valence-corrected chi connectivity index (χ3v) is 4.26. The number of likely N-dealkylation sites (tertiary alicyclic amines) is 2. The SMILES string of the molecule is CN1CC(CN2CC3(CNC(=O)N3)C2)CCC1=O. The number of carbonyl (C=O) groups is 2. The maximum Gasteiger partial charge on any atom is 0.315 e. The van der Waals surface area contributed by atoms with E-state index in [4.69, 9.17) is 0 Å². The Hall–Kier alpha value is -1.30. The molecule has 1 spiro atoms. The van der Waals surface area contributed by atoms with E-state index in [1.54, 1.807) is 0 Å². The molecule has 3 rings (SSSR count). The van der Waals surface area contributed by atoms with Crippen LogP contribution in [0.3, 0.4) is 0 Å². The van der Waals surface area contributed by atoms with Gasteiger partial charge in [-0.2, -0.15) is 0 Å². The normalized spacial score (nSPS) is 31.2. The maximum atomic E-state index is 11.4. The summed E-state index contributed by atoms with van der Waals surface area (Å²) in [6.45, 7) is 4.51. The molecule has 0 aliphatic carbocycles. The van der Waals surface area contributed by atoms with Crippen LogP contribution in [0.15, 0.2) is 0 Å². The van der Waals surface area contributed by atoms with Gasteiger partial charge in [-0.1, -0.05) is 0 Å². The number of rotatable bonds is 2. The van der Waals surface area contributed by atoms with Crippen molar-refractivity contribution in [2.45, 2.75) is 18.4 Å². The summed E-state index contributed by atoms with van der Waals surface area (Å²) in [5.41, 5.74) is -0.0204. The molecule has 1 atom stereocenters. The molecule has 3 heterocycles. The molecule has 2 N–H and O–H groups in total. The first-order valence-corrected chi connectivity index (χ1v) is 6.59. The van der Waals surface area contributed by atoms with Crippen molar-refractivity contribution in [3.05, 3.63) is 0 Å². The molecule has 3 fully saturated rings. The van der Waals surface area contributed by atoms with Crippen LogP contribution >= 0.6 is 0 Å².